The van der Waals surface area contributed by atoms with Crippen LogP contribution < -0.4 is 5.32 Å². The molecule has 8 heteroatoms. The van der Waals surface area contributed by atoms with Gasteiger partial charge in [-0.3, -0.25) is 4.21 Å². The summed E-state index contributed by atoms with van der Waals surface area (Å²) >= 11 is 5.47. The smallest absolute Gasteiger partial charge is 0.334 e. The topological polar surface area (TPSA) is 78.8 Å². The number of carbonyl (C=O) groups is 1. The van der Waals surface area contributed by atoms with Crippen molar-refractivity contribution in [2.75, 3.05) is 23.9 Å². The summed E-state index contributed by atoms with van der Waals surface area (Å²) in [6, 6.07) is -0.372. The molecular weight excluding hydrogens is 290 g/mol. The lowest BCUT2D eigenvalue weighted by Crippen LogP contribution is -2.44. The zero-order valence-corrected chi connectivity index (χ0v) is 12.4. The monoisotopic (exact) mass is 309 g/mol. The van der Waals surface area contributed by atoms with Crippen molar-refractivity contribution in [3.8, 4) is 0 Å². The van der Waals surface area contributed by atoms with Gasteiger partial charge in [0.2, 0.25) is 0 Å². The average molecular weight is 310 g/mol. The van der Waals surface area contributed by atoms with Gasteiger partial charge in [0, 0.05) is 34.2 Å². The van der Waals surface area contributed by atoms with Crippen LogP contribution in [0.1, 0.15) is 32.1 Å². The molecule has 1 unspecified atom stereocenters. The van der Waals surface area contributed by atoms with Crippen LogP contribution in [0.15, 0.2) is 5.29 Å². The maximum atomic E-state index is 11.8. The van der Waals surface area contributed by atoms with E-state index in [1.807, 2.05) is 0 Å². The largest absolute Gasteiger partial charge is 0.340 e. The summed E-state index contributed by atoms with van der Waals surface area (Å²) < 4.78 is 11.4. The highest BCUT2D eigenvalue weighted by Crippen LogP contribution is 2.17. The highest BCUT2D eigenvalue weighted by molar-refractivity contribution is 7.85. The van der Waals surface area contributed by atoms with E-state index in [9.17, 15) is 13.9 Å². The van der Waals surface area contributed by atoms with Crippen molar-refractivity contribution in [1.29, 1.82) is 0 Å². The molecule has 0 heterocycles. The van der Waals surface area contributed by atoms with E-state index < -0.39 is 16.8 Å². The molecule has 1 aliphatic rings. The van der Waals surface area contributed by atoms with E-state index in [0.717, 1.165) is 30.7 Å². The molecule has 1 saturated carbocycles. The number of halogens is 1. The number of amides is 2. The van der Waals surface area contributed by atoms with Gasteiger partial charge >= 0.3 is 6.03 Å². The highest BCUT2D eigenvalue weighted by Gasteiger charge is 2.20. The van der Waals surface area contributed by atoms with E-state index in [1.54, 1.807) is 0 Å². The van der Waals surface area contributed by atoms with Gasteiger partial charge in [0.15, 0.2) is 0 Å². The number of hydrogen-bond acceptors (Lipinski definition) is 4. The number of hydrogen-bond donors (Lipinski definition) is 1. The molecule has 110 valence electrons. The molecular formula is C11H20ClN3O3S. The molecule has 2 amide bonds. The first-order chi connectivity index (χ1) is 9.17. The Balaban J connectivity index is 2.33. The van der Waals surface area contributed by atoms with Gasteiger partial charge in [-0.05, 0) is 12.8 Å². The van der Waals surface area contributed by atoms with E-state index in [-0.39, 0.29) is 18.3 Å². The molecule has 0 spiro atoms. The average Bonchev–Trinajstić information content (AvgIpc) is 2.41. The fourth-order valence-corrected chi connectivity index (χ4v) is 3.32. The van der Waals surface area contributed by atoms with Crippen LogP contribution in [-0.2, 0) is 10.8 Å². The Labute approximate surface area is 120 Å². The summed E-state index contributed by atoms with van der Waals surface area (Å²) in [6.45, 7) is 0.0611. The molecule has 1 rings (SSSR count). The lowest BCUT2D eigenvalue weighted by molar-refractivity contribution is 0.194. The lowest BCUT2D eigenvalue weighted by Gasteiger charge is -2.24. The van der Waals surface area contributed by atoms with Crippen LogP contribution in [0, 0.1) is 4.91 Å². The summed E-state index contributed by atoms with van der Waals surface area (Å²) in [5.74, 6) is 0.879. The van der Waals surface area contributed by atoms with E-state index >= 15 is 0 Å². The third-order valence-corrected chi connectivity index (χ3v) is 4.81. The van der Waals surface area contributed by atoms with Gasteiger partial charge in [-0.25, -0.2) is 4.79 Å². The van der Waals surface area contributed by atoms with E-state index in [1.165, 1.54) is 6.42 Å². The van der Waals surface area contributed by atoms with Crippen molar-refractivity contribution in [3.63, 3.8) is 0 Å². The van der Waals surface area contributed by atoms with Gasteiger partial charge < -0.3 is 5.32 Å². The van der Waals surface area contributed by atoms with Crippen LogP contribution in [0.3, 0.4) is 0 Å². The van der Waals surface area contributed by atoms with Crippen LogP contribution in [0.4, 0.5) is 4.79 Å². The molecule has 6 nitrogen and oxygen atoms in total. The maximum absolute atomic E-state index is 11.8. The molecule has 0 bridgehead atoms. The van der Waals surface area contributed by atoms with Gasteiger partial charge in [0.05, 0.1) is 11.8 Å². The number of alkyl halides is 1. The Morgan fingerprint density at radius 1 is 1.32 bits per heavy atom. The molecule has 1 fully saturated rings. The number of nitrogens with zero attached hydrogens (tertiary/aromatic N) is 2. The second-order valence-electron chi connectivity index (χ2n) is 4.53. The lowest BCUT2D eigenvalue weighted by atomic mass is 9.96. The first-order valence-corrected chi connectivity index (χ1v) is 8.52. The Kier molecular flexibility index (Phi) is 7.97. The third kappa shape index (κ3) is 6.33. The Morgan fingerprint density at radius 2 is 2.00 bits per heavy atom. The molecule has 0 aromatic rings. The molecule has 19 heavy (non-hydrogen) atoms. The molecule has 0 aromatic heterocycles. The predicted molar refractivity (Wildman–Crippen MR) is 76.5 cm³/mol. The van der Waals surface area contributed by atoms with Crippen LogP contribution in [0.2, 0.25) is 0 Å². The molecule has 1 aliphatic carbocycles. The Morgan fingerprint density at radius 3 is 2.58 bits per heavy atom. The van der Waals surface area contributed by atoms with Gasteiger partial charge in [-0.2, -0.15) is 5.01 Å². The molecule has 1 N–H and O–H groups in total. The second-order valence-corrected chi connectivity index (χ2v) is 6.60. The fraction of sp³-hybridized carbons (Fsp3) is 0.909. The number of nitrogens with one attached hydrogen (secondary N) is 1. The van der Waals surface area contributed by atoms with Gasteiger partial charge in [-0.1, -0.05) is 19.3 Å². The van der Waals surface area contributed by atoms with Crippen molar-refractivity contribution < 1.29 is 9.00 Å². The minimum absolute atomic E-state index is 0.0611. The molecule has 1 atom stereocenters. The van der Waals surface area contributed by atoms with Crippen molar-refractivity contribution >= 4 is 28.4 Å². The zero-order chi connectivity index (χ0) is 14.1. The molecule has 0 saturated heterocycles. The molecule has 0 radical (unpaired) electrons. The first kappa shape index (κ1) is 16.4. The standard InChI is InChI=1S/C11H20ClN3O3S/c12-6-8-19(18)9-7-15(14-17)11(16)13-10-4-2-1-3-5-10/h10H,1-9H2,(H,13,16). The van der Waals surface area contributed by atoms with Gasteiger partial charge in [0.25, 0.3) is 0 Å². The summed E-state index contributed by atoms with van der Waals surface area (Å²) in [4.78, 5) is 22.5. The summed E-state index contributed by atoms with van der Waals surface area (Å²) in [5.41, 5.74) is 0. The van der Waals surface area contributed by atoms with Crippen molar-refractivity contribution in [1.82, 2.24) is 10.3 Å². The van der Waals surface area contributed by atoms with Crippen LogP contribution >= 0.6 is 11.6 Å². The van der Waals surface area contributed by atoms with Gasteiger partial charge in [-0.15, -0.1) is 16.5 Å². The minimum atomic E-state index is -1.12. The second kappa shape index (κ2) is 9.25. The van der Waals surface area contributed by atoms with Crippen molar-refractivity contribution in [2.24, 2.45) is 5.29 Å². The fourth-order valence-electron chi connectivity index (χ4n) is 2.05. The van der Waals surface area contributed by atoms with E-state index in [2.05, 4.69) is 10.6 Å². The first-order valence-electron chi connectivity index (χ1n) is 6.49. The predicted octanol–water partition coefficient (Wildman–Crippen LogP) is 2.00. The highest BCUT2D eigenvalue weighted by atomic mass is 35.5. The van der Waals surface area contributed by atoms with Crippen LogP contribution in [0.25, 0.3) is 0 Å². The SMILES string of the molecule is O=NN(CCS(=O)CCCl)C(=O)NC1CCCCC1. The minimum Gasteiger partial charge on any atom is -0.334 e. The summed E-state index contributed by atoms with van der Waals surface area (Å²) in [7, 11) is -1.12. The maximum Gasteiger partial charge on any atom is 0.340 e. The quantitative estimate of drug-likeness (QED) is 0.444. The van der Waals surface area contributed by atoms with Crippen LogP contribution in [-0.4, -0.2) is 45.2 Å². The number of nitroso groups, excluding NO2 is 1. The molecule has 0 aliphatic heterocycles. The number of rotatable bonds is 7. The number of carbonyl (C=O) groups excluding carboxylic acids is 1. The van der Waals surface area contributed by atoms with Gasteiger partial charge in [0.1, 0.15) is 0 Å². The molecule has 0 aromatic carbocycles. The summed E-state index contributed by atoms with van der Waals surface area (Å²) in [5, 5.41) is 6.29. The number of urea groups is 1. The van der Waals surface area contributed by atoms with Crippen LogP contribution in [0.5, 0.6) is 0 Å². The Hall–Kier alpha value is -0.690. The van der Waals surface area contributed by atoms with Crippen molar-refractivity contribution in [2.45, 2.75) is 38.1 Å². The normalized spacial score (nSPS) is 17.7. The third-order valence-electron chi connectivity index (χ3n) is 3.10. The van der Waals surface area contributed by atoms with E-state index in [0.29, 0.717) is 11.6 Å². The van der Waals surface area contributed by atoms with E-state index in [4.69, 9.17) is 11.6 Å². The van der Waals surface area contributed by atoms with Crippen molar-refractivity contribution in [3.05, 3.63) is 4.91 Å². The zero-order valence-electron chi connectivity index (χ0n) is 10.8. The summed E-state index contributed by atoms with van der Waals surface area (Å²) in [6.07, 6.45) is 5.27. The Bertz CT molecular complexity index is 324.